The second-order valence-corrected chi connectivity index (χ2v) is 4.88. The van der Waals surface area contributed by atoms with Gasteiger partial charge >= 0.3 is 0 Å². The largest absolute Gasteiger partial charge is 0.294 e. The number of Topliss-reactive ketones (excluding diaryl/α,β-unsaturated/α-hetero) is 1. The van der Waals surface area contributed by atoms with Crippen LogP contribution in [0.3, 0.4) is 0 Å². The van der Waals surface area contributed by atoms with E-state index >= 15 is 0 Å². The van der Waals surface area contributed by atoms with Crippen molar-refractivity contribution in [2.24, 2.45) is 0 Å². The van der Waals surface area contributed by atoms with E-state index in [1.54, 1.807) is 23.1 Å². The number of rotatable bonds is 4. The average Bonchev–Trinajstić information content (AvgIpc) is 2.47. The van der Waals surface area contributed by atoms with Crippen LogP contribution in [0.4, 0.5) is 0 Å². The molecule has 1 heterocycles. The van der Waals surface area contributed by atoms with Gasteiger partial charge in [0.1, 0.15) is 0 Å². The summed E-state index contributed by atoms with van der Waals surface area (Å²) >= 11 is 6.60. The number of ketones is 1. The second-order valence-electron chi connectivity index (χ2n) is 2.30. The molecule has 0 atom stereocenters. The van der Waals surface area contributed by atoms with Gasteiger partial charge in [0.15, 0.2) is 5.78 Å². The molecule has 1 nitrogen and oxygen atoms in total. The lowest BCUT2D eigenvalue weighted by Gasteiger charge is -1.96. The Kier molecular flexibility index (Phi) is 4.32. The third kappa shape index (κ3) is 2.61. The Morgan fingerprint density at radius 2 is 2.42 bits per heavy atom. The van der Waals surface area contributed by atoms with Crippen LogP contribution in [0.5, 0.6) is 0 Å². The van der Waals surface area contributed by atoms with Crippen molar-refractivity contribution in [1.82, 2.24) is 0 Å². The van der Waals surface area contributed by atoms with Crippen LogP contribution in [0.1, 0.15) is 16.8 Å². The van der Waals surface area contributed by atoms with Crippen molar-refractivity contribution in [3.63, 3.8) is 0 Å². The van der Waals surface area contributed by atoms with E-state index in [0.717, 1.165) is 15.8 Å². The average molecular weight is 265 g/mol. The quantitative estimate of drug-likeness (QED) is 0.776. The fourth-order valence-electron chi connectivity index (χ4n) is 0.810. The maximum atomic E-state index is 11.4. The topological polar surface area (TPSA) is 17.1 Å². The lowest BCUT2D eigenvalue weighted by molar-refractivity contribution is 0.0989. The highest BCUT2D eigenvalue weighted by molar-refractivity contribution is 9.10. The van der Waals surface area contributed by atoms with Gasteiger partial charge in [-0.3, -0.25) is 4.79 Å². The fourth-order valence-corrected chi connectivity index (χ4v) is 2.72. The molecule has 0 saturated carbocycles. The summed E-state index contributed by atoms with van der Waals surface area (Å²) in [5.74, 6) is 1.14. The van der Waals surface area contributed by atoms with Crippen LogP contribution in [0.2, 0.25) is 0 Å². The Hall–Kier alpha value is 0.200. The molecule has 0 saturated heterocycles. The fraction of sp³-hybridized carbons (Fsp3) is 0.375. The van der Waals surface area contributed by atoms with Crippen LogP contribution < -0.4 is 0 Å². The zero-order chi connectivity index (χ0) is 8.97. The van der Waals surface area contributed by atoms with Gasteiger partial charge in [0.25, 0.3) is 0 Å². The Balaban J connectivity index is 2.59. The molecule has 0 unspecified atom stereocenters. The number of halogens is 1. The SMILES string of the molecule is CSCCC(=O)c1cscc1Br. The highest BCUT2D eigenvalue weighted by atomic mass is 79.9. The number of carbonyl (C=O) groups is 1. The van der Waals surface area contributed by atoms with E-state index in [1.165, 1.54) is 0 Å². The van der Waals surface area contributed by atoms with Gasteiger partial charge in [-0.2, -0.15) is 23.1 Å². The first-order valence-corrected chi connectivity index (χ1v) is 6.62. The normalized spacial score (nSPS) is 10.2. The molecular formula is C8H9BrOS2. The monoisotopic (exact) mass is 264 g/mol. The summed E-state index contributed by atoms with van der Waals surface area (Å²) < 4.78 is 0.929. The summed E-state index contributed by atoms with van der Waals surface area (Å²) in [6, 6.07) is 0. The molecule has 1 aromatic heterocycles. The molecule has 0 radical (unpaired) electrons. The minimum absolute atomic E-state index is 0.234. The standard InChI is InChI=1S/C8H9BrOS2/c1-11-3-2-8(10)6-4-12-5-7(6)9/h4-5H,2-3H2,1H3. The van der Waals surface area contributed by atoms with Crippen LogP contribution in [0.25, 0.3) is 0 Å². The van der Waals surface area contributed by atoms with Gasteiger partial charge in [0, 0.05) is 33.0 Å². The molecule has 4 heteroatoms. The summed E-state index contributed by atoms with van der Waals surface area (Å²) in [5.41, 5.74) is 0.828. The molecule has 0 aliphatic carbocycles. The van der Waals surface area contributed by atoms with E-state index < -0.39 is 0 Å². The molecule has 0 spiro atoms. The molecular weight excluding hydrogens is 256 g/mol. The predicted molar refractivity (Wildman–Crippen MR) is 59.3 cm³/mol. The van der Waals surface area contributed by atoms with Crippen molar-refractivity contribution in [3.8, 4) is 0 Å². The number of thiophene rings is 1. The van der Waals surface area contributed by atoms with Gasteiger partial charge in [-0.15, -0.1) is 0 Å². The first kappa shape index (κ1) is 10.3. The number of hydrogen-bond donors (Lipinski definition) is 0. The van der Waals surface area contributed by atoms with E-state index in [1.807, 2.05) is 17.0 Å². The van der Waals surface area contributed by atoms with E-state index in [0.29, 0.717) is 6.42 Å². The van der Waals surface area contributed by atoms with Crippen LogP contribution in [-0.2, 0) is 0 Å². The van der Waals surface area contributed by atoms with E-state index in [2.05, 4.69) is 15.9 Å². The summed E-state index contributed by atoms with van der Waals surface area (Å²) in [7, 11) is 0. The molecule has 1 aromatic rings. The van der Waals surface area contributed by atoms with Crippen LogP contribution in [0, 0.1) is 0 Å². The van der Waals surface area contributed by atoms with E-state index in [9.17, 15) is 4.79 Å². The maximum absolute atomic E-state index is 11.4. The van der Waals surface area contributed by atoms with Gasteiger partial charge in [-0.1, -0.05) is 0 Å². The number of thioether (sulfide) groups is 1. The Labute approximate surface area is 88.7 Å². The van der Waals surface area contributed by atoms with E-state index in [4.69, 9.17) is 0 Å². The van der Waals surface area contributed by atoms with Crippen molar-refractivity contribution in [2.45, 2.75) is 6.42 Å². The highest BCUT2D eigenvalue weighted by Crippen LogP contribution is 2.22. The molecule has 0 N–H and O–H groups in total. The summed E-state index contributed by atoms with van der Waals surface area (Å²) in [6.45, 7) is 0. The number of hydrogen-bond acceptors (Lipinski definition) is 3. The van der Waals surface area contributed by atoms with Gasteiger partial charge in [-0.05, 0) is 22.2 Å². The van der Waals surface area contributed by atoms with Crippen molar-refractivity contribution in [2.75, 3.05) is 12.0 Å². The summed E-state index contributed by atoms with van der Waals surface area (Å²) in [6.07, 6.45) is 2.65. The molecule has 0 aliphatic rings. The Morgan fingerprint density at radius 3 is 2.92 bits per heavy atom. The molecule has 0 bridgehead atoms. The number of carbonyl (C=O) groups excluding carboxylic acids is 1. The first-order valence-electron chi connectivity index (χ1n) is 3.49. The van der Waals surface area contributed by atoms with Crippen molar-refractivity contribution in [3.05, 3.63) is 20.8 Å². The first-order chi connectivity index (χ1) is 5.75. The van der Waals surface area contributed by atoms with Crippen LogP contribution in [-0.4, -0.2) is 17.8 Å². The molecule has 12 heavy (non-hydrogen) atoms. The molecule has 0 aliphatic heterocycles. The minimum Gasteiger partial charge on any atom is -0.294 e. The Bertz CT molecular complexity index is 270. The highest BCUT2D eigenvalue weighted by Gasteiger charge is 2.09. The van der Waals surface area contributed by atoms with Crippen molar-refractivity contribution in [1.29, 1.82) is 0 Å². The molecule has 66 valence electrons. The van der Waals surface area contributed by atoms with Crippen LogP contribution in [0.15, 0.2) is 15.2 Å². The molecule has 0 fully saturated rings. The van der Waals surface area contributed by atoms with Gasteiger partial charge in [0.2, 0.25) is 0 Å². The predicted octanol–water partition coefficient (Wildman–Crippen LogP) is 3.45. The lowest BCUT2D eigenvalue weighted by Crippen LogP contribution is -1.98. The molecule has 0 amide bonds. The zero-order valence-electron chi connectivity index (χ0n) is 6.67. The van der Waals surface area contributed by atoms with Gasteiger partial charge < -0.3 is 0 Å². The third-order valence-corrected chi connectivity index (χ3v) is 3.76. The molecule has 1 rings (SSSR count). The summed E-state index contributed by atoms with van der Waals surface area (Å²) in [4.78, 5) is 11.4. The zero-order valence-corrected chi connectivity index (χ0v) is 9.89. The van der Waals surface area contributed by atoms with Crippen molar-refractivity contribution >= 4 is 44.8 Å². The molecule has 0 aromatic carbocycles. The smallest absolute Gasteiger partial charge is 0.165 e. The van der Waals surface area contributed by atoms with Gasteiger partial charge in [0.05, 0.1) is 0 Å². The second kappa shape index (κ2) is 5.04. The van der Waals surface area contributed by atoms with Gasteiger partial charge in [-0.25, -0.2) is 0 Å². The maximum Gasteiger partial charge on any atom is 0.165 e. The van der Waals surface area contributed by atoms with Crippen LogP contribution >= 0.6 is 39.0 Å². The lowest BCUT2D eigenvalue weighted by atomic mass is 10.2. The summed E-state index contributed by atoms with van der Waals surface area (Å²) in [5, 5.41) is 3.83. The Morgan fingerprint density at radius 1 is 1.67 bits per heavy atom. The third-order valence-electron chi connectivity index (χ3n) is 1.45. The van der Waals surface area contributed by atoms with E-state index in [-0.39, 0.29) is 5.78 Å². The van der Waals surface area contributed by atoms with Crippen molar-refractivity contribution < 1.29 is 4.79 Å². The minimum atomic E-state index is 0.234.